The number of fused-ring (bicyclic) bond motifs is 1. The Morgan fingerprint density at radius 2 is 1.83 bits per heavy atom. The number of anilines is 1. The number of nitrogens with one attached hydrogen (secondary N) is 1. The summed E-state index contributed by atoms with van der Waals surface area (Å²) < 4.78 is 26.4. The van der Waals surface area contributed by atoms with Gasteiger partial charge in [-0.2, -0.15) is 0 Å². The van der Waals surface area contributed by atoms with Crippen molar-refractivity contribution in [3.05, 3.63) is 64.2 Å². The molecule has 1 aliphatic heterocycles. The first-order valence-electron chi connectivity index (χ1n) is 5.63. The summed E-state index contributed by atoms with van der Waals surface area (Å²) >= 11 is 6.10. The lowest BCUT2D eigenvalue weighted by atomic mass is 10.0. The summed E-state index contributed by atoms with van der Waals surface area (Å²) in [5.41, 5.74) is 2.52. The molecule has 0 radical (unpaired) electrons. The van der Waals surface area contributed by atoms with Crippen LogP contribution in [0.4, 0.5) is 14.5 Å². The average Bonchev–Trinajstić information content (AvgIpc) is 2.73. The number of hydrogen-bond acceptors (Lipinski definition) is 1. The number of benzene rings is 2. The largest absolute Gasteiger partial charge is 0.378 e. The van der Waals surface area contributed by atoms with Crippen molar-refractivity contribution in [2.45, 2.75) is 12.5 Å². The van der Waals surface area contributed by atoms with E-state index in [9.17, 15) is 8.78 Å². The molecule has 0 saturated carbocycles. The Labute approximate surface area is 108 Å². The van der Waals surface area contributed by atoms with Crippen molar-refractivity contribution < 1.29 is 8.78 Å². The highest BCUT2D eigenvalue weighted by molar-refractivity contribution is 6.31. The fourth-order valence-electron chi connectivity index (χ4n) is 2.32. The minimum atomic E-state index is -0.561. The molecule has 0 aliphatic carbocycles. The zero-order valence-electron chi connectivity index (χ0n) is 9.38. The van der Waals surface area contributed by atoms with E-state index in [0.29, 0.717) is 17.0 Å². The zero-order valence-corrected chi connectivity index (χ0v) is 10.1. The van der Waals surface area contributed by atoms with Crippen LogP contribution in [0, 0.1) is 11.6 Å². The molecule has 1 nitrogen and oxygen atoms in total. The van der Waals surface area contributed by atoms with Crippen molar-refractivity contribution in [1.29, 1.82) is 0 Å². The van der Waals surface area contributed by atoms with E-state index >= 15 is 0 Å². The first-order chi connectivity index (χ1) is 8.63. The predicted octanol–water partition coefficient (Wildman–Crippen LogP) is 4.33. The van der Waals surface area contributed by atoms with Crippen LogP contribution in [-0.4, -0.2) is 0 Å². The van der Waals surface area contributed by atoms with Crippen molar-refractivity contribution >= 4 is 17.3 Å². The van der Waals surface area contributed by atoms with Gasteiger partial charge < -0.3 is 5.32 Å². The van der Waals surface area contributed by atoms with Gasteiger partial charge in [0, 0.05) is 23.2 Å². The fraction of sp³-hybridized carbons (Fsp3) is 0.143. The van der Waals surface area contributed by atoms with Crippen LogP contribution >= 0.6 is 11.6 Å². The van der Waals surface area contributed by atoms with Crippen LogP contribution in [-0.2, 0) is 6.42 Å². The van der Waals surface area contributed by atoms with Crippen LogP contribution < -0.4 is 5.32 Å². The summed E-state index contributed by atoms with van der Waals surface area (Å²) in [4.78, 5) is 0. The molecule has 92 valence electrons. The molecule has 1 atom stereocenters. The first kappa shape index (κ1) is 11.5. The lowest BCUT2D eigenvalue weighted by molar-refractivity contribution is 0.576. The smallest absolute Gasteiger partial charge is 0.126 e. The first-order valence-corrected chi connectivity index (χ1v) is 6.01. The topological polar surface area (TPSA) is 12.0 Å². The number of rotatable bonds is 1. The molecule has 2 aromatic rings. The molecule has 0 amide bonds. The second kappa shape index (κ2) is 4.25. The quantitative estimate of drug-likeness (QED) is 0.809. The summed E-state index contributed by atoms with van der Waals surface area (Å²) in [5.74, 6) is -1.12. The third-order valence-corrected chi connectivity index (χ3v) is 3.50. The summed E-state index contributed by atoms with van der Waals surface area (Å²) in [6.07, 6.45) is 0.637. The molecule has 0 bridgehead atoms. The minimum Gasteiger partial charge on any atom is -0.378 e. The lowest BCUT2D eigenvalue weighted by Gasteiger charge is -2.11. The Bertz CT molecular complexity index is 592. The molecule has 2 aromatic carbocycles. The SMILES string of the molecule is Fc1cc(F)cc(C2Cc3c(Cl)cccc3N2)c1. The maximum Gasteiger partial charge on any atom is 0.126 e. The van der Waals surface area contributed by atoms with Gasteiger partial charge in [0.25, 0.3) is 0 Å². The Balaban J connectivity index is 1.96. The zero-order chi connectivity index (χ0) is 12.7. The molecule has 1 heterocycles. The Kier molecular flexibility index (Phi) is 2.71. The molecule has 18 heavy (non-hydrogen) atoms. The normalized spacial score (nSPS) is 17.4. The van der Waals surface area contributed by atoms with E-state index in [1.807, 2.05) is 18.2 Å². The molecule has 1 N–H and O–H groups in total. The summed E-state index contributed by atoms with van der Waals surface area (Å²) in [6.45, 7) is 0. The van der Waals surface area contributed by atoms with Crippen LogP contribution in [0.3, 0.4) is 0 Å². The van der Waals surface area contributed by atoms with E-state index in [1.165, 1.54) is 12.1 Å². The third kappa shape index (κ3) is 1.95. The number of halogens is 3. The minimum absolute atomic E-state index is 0.134. The van der Waals surface area contributed by atoms with E-state index in [4.69, 9.17) is 11.6 Å². The standard InChI is InChI=1S/C14H10ClF2N/c15-12-2-1-3-13-11(12)7-14(18-13)8-4-9(16)6-10(17)5-8/h1-6,14,18H,7H2. The highest BCUT2D eigenvalue weighted by Crippen LogP contribution is 2.38. The molecule has 1 aliphatic rings. The van der Waals surface area contributed by atoms with E-state index < -0.39 is 11.6 Å². The highest BCUT2D eigenvalue weighted by Gasteiger charge is 2.24. The highest BCUT2D eigenvalue weighted by atomic mass is 35.5. The molecule has 0 fully saturated rings. The molecule has 0 aromatic heterocycles. The summed E-state index contributed by atoms with van der Waals surface area (Å²) in [5, 5.41) is 3.91. The molecule has 1 unspecified atom stereocenters. The number of hydrogen-bond donors (Lipinski definition) is 1. The van der Waals surface area contributed by atoms with Crippen molar-refractivity contribution in [2.75, 3.05) is 5.32 Å². The van der Waals surface area contributed by atoms with Crippen molar-refractivity contribution in [3.8, 4) is 0 Å². The summed E-state index contributed by atoms with van der Waals surface area (Å²) in [6, 6.07) is 9.01. The monoisotopic (exact) mass is 265 g/mol. The van der Waals surface area contributed by atoms with Crippen LogP contribution in [0.15, 0.2) is 36.4 Å². The van der Waals surface area contributed by atoms with Crippen molar-refractivity contribution in [2.24, 2.45) is 0 Å². The van der Waals surface area contributed by atoms with Gasteiger partial charge in [-0.1, -0.05) is 17.7 Å². The van der Waals surface area contributed by atoms with Crippen molar-refractivity contribution in [1.82, 2.24) is 0 Å². The van der Waals surface area contributed by atoms with Crippen LogP contribution in [0.2, 0.25) is 5.02 Å². The van der Waals surface area contributed by atoms with Gasteiger partial charge in [-0.15, -0.1) is 0 Å². The van der Waals surface area contributed by atoms with Gasteiger partial charge in [-0.25, -0.2) is 8.78 Å². The maximum atomic E-state index is 13.2. The second-order valence-electron chi connectivity index (χ2n) is 4.37. The van der Waals surface area contributed by atoms with Gasteiger partial charge in [0.1, 0.15) is 11.6 Å². The molecule has 0 saturated heterocycles. The average molecular weight is 266 g/mol. The molecule has 4 heteroatoms. The summed E-state index contributed by atoms with van der Waals surface area (Å²) in [7, 11) is 0. The maximum absolute atomic E-state index is 13.2. The fourth-order valence-corrected chi connectivity index (χ4v) is 2.57. The second-order valence-corrected chi connectivity index (χ2v) is 4.78. The third-order valence-electron chi connectivity index (χ3n) is 3.14. The van der Waals surface area contributed by atoms with E-state index in [-0.39, 0.29) is 6.04 Å². The molecule has 3 rings (SSSR count). The van der Waals surface area contributed by atoms with Crippen LogP contribution in [0.1, 0.15) is 17.2 Å². The van der Waals surface area contributed by atoms with E-state index in [1.54, 1.807) is 0 Å². The Morgan fingerprint density at radius 3 is 2.50 bits per heavy atom. The van der Waals surface area contributed by atoms with Gasteiger partial charge in [0.05, 0.1) is 6.04 Å². The van der Waals surface area contributed by atoms with Gasteiger partial charge in [-0.05, 0) is 35.4 Å². The van der Waals surface area contributed by atoms with Gasteiger partial charge in [0.15, 0.2) is 0 Å². The predicted molar refractivity (Wildman–Crippen MR) is 67.9 cm³/mol. The van der Waals surface area contributed by atoms with Gasteiger partial charge in [-0.3, -0.25) is 0 Å². The van der Waals surface area contributed by atoms with E-state index in [2.05, 4.69) is 5.32 Å². The molecular weight excluding hydrogens is 256 g/mol. The molecule has 0 spiro atoms. The van der Waals surface area contributed by atoms with E-state index in [0.717, 1.165) is 17.3 Å². The van der Waals surface area contributed by atoms with Crippen molar-refractivity contribution in [3.63, 3.8) is 0 Å². The lowest BCUT2D eigenvalue weighted by Crippen LogP contribution is -2.06. The molecular formula is C14H10ClF2N. The Morgan fingerprint density at radius 1 is 1.11 bits per heavy atom. The van der Waals surface area contributed by atoms with Crippen LogP contribution in [0.5, 0.6) is 0 Å². The Hall–Kier alpha value is -1.61. The van der Waals surface area contributed by atoms with Crippen LogP contribution in [0.25, 0.3) is 0 Å². The van der Waals surface area contributed by atoms with Gasteiger partial charge >= 0.3 is 0 Å². The van der Waals surface area contributed by atoms with Gasteiger partial charge in [0.2, 0.25) is 0 Å².